The van der Waals surface area contributed by atoms with Crippen molar-refractivity contribution in [1.29, 1.82) is 0 Å². The lowest BCUT2D eigenvalue weighted by Gasteiger charge is -2.20. The van der Waals surface area contributed by atoms with Crippen molar-refractivity contribution >= 4 is 23.2 Å². The first-order chi connectivity index (χ1) is 10.1. The highest BCUT2D eigenvalue weighted by Crippen LogP contribution is 2.29. The molecule has 21 heavy (non-hydrogen) atoms. The van der Waals surface area contributed by atoms with Gasteiger partial charge >= 0.3 is 0 Å². The van der Waals surface area contributed by atoms with E-state index in [2.05, 4.69) is 5.32 Å². The normalized spacial score (nSPS) is 16.1. The number of rotatable bonds is 6. The van der Waals surface area contributed by atoms with Crippen LogP contribution in [0.25, 0.3) is 0 Å². The third kappa shape index (κ3) is 4.04. The highest BCUT2D eigenvalue weighted by molar-refractivity contribution is 6.02. The smallest absolute Gasteiger partial charge is 0.227 e. The Morgan fingerprint density at radius 1 is 1.43 bits per heavy atom. The summed E-state index contributed by atoms with van der Waals surface area (Å²) >= 11 is 0. The Kier molecular flexibility index (Phi) is 5.33. The van der Waals surface area contributed by atoms with Gasteiger partial charge in [-0.2, -0.15) is 0 Å². The standard InChI is InChI=1S/C16H23N3O2/c1-2-6-12(17)11-15(20)18-13-7-3-4-8-14(13)19-10-5-9-16(19)21/h3-4,7-8,12H,2,5-6,9-11,17H2,1H3,(H,18,20). The first-order valence-corrected chi connectivity index (χ1v) is 7.56. The molecule has 1 aliphatic rings. The highest BCUT2D eigenvalue weighted by atomic mass is 16.2. The molecule has 0 bridgehead atoms. The summed E-state index contributed by atoms with van der Waals surface area (Å²) in [5.74, 6) is 0.00873. The number of amides is 2. The molecule has 0 spiro atoms. The van der Waals surface area contributed by atoms with E-state index in [-0.39, 0.29) is 17.9 Å². The van der Waals surface area contributed by atoms with Crippen LogP contribution >= 0.6 is 0 Å². The number of hydrogen-bond donors (Lipinski definition) is 2. The average Bonchev–Trinajstić information content (AvgIpc) is 2.85. The predicted molar refractivity (Wildman–Crippen MR) is 84.2 cm³/mol. The summed E-state index contributed by atoms with van der Waals surface area (Å²) in [6.07, 6.45) is 3.54. The molecule has 0 saturated carbocycles. The second-order valence-electron chi connectivity index (χ2n) is 5.47. The number of anilines is 2. The topological polar surface area (TPSA) is 75.4 Å². The SMILES string of the molecule is CCCC(N)CC(=O)Nc1ccccc1N1CCCC1=O. The minimum absolute atomic E-state index is 0.102. The van der Waals surface area contributed by atoms with Crippen molar-refractivity contribution < 1.29 is 9.59 Å². The maximum atomic E-state index is 12.1. The third-order valence-corrected chi connectivity index (χ3v) is 3.65. The van der Waals surface area contributed by atoms with Crippen molar-refractivity contribution in [3.63, 3.8) is 0 Å². The molecule has 0 radical (unpaired) electrons. The molecular formula is C16H23N3O2. The summed E-state index contributed by atoms with van der Waals surface area (Å²) in [5, 5.41) is 2.88. The lowest BCUT2D eigenvalue weighted by Crippen LogP contribution is -2.28. The van der Waals surface area contributed by atoms with Crippen molar-refractivity contribution in [2.24, 2.45) is 5.73 Å². The molecule has 5 heteroatoms. The van der Waals surface area contributed by atoms with Gasteiger partial charge in [-0.05, 0) is 25.0 Å². The van der Waals surface area contributed by atoms with Crippen LogP contribution in [0.3, 0.4) is 0 Å². The summed E-state index contributed by atoms with van der Waals surface area (Å²) in [5.41, 5.74) is 7.35. The molecule has 0 aliphatic carbocycles. The molecule has 2 rings (SSSR count). The quantitative estimate of drug-likeness (QED) is 0.843. The fourth-order valence-electron chi connectivity index (χ4n) is 2.63. The second kappa shape index (κ2) is 7.22. The number of carbonyl (C=O) groups is 2. The minimum Gasteiger partial charge on any atom is -0.327 e. The van der Waals surface area contributed by atoms with Crippen molar-refractivity contribution in [1.82, 2.24) is 0 Å². The molecule has 3 N–H and O–H groups in total. The highest BCUT2D eigenvalue weighted by Gasteiger charge is 2.24. The van der Waals surface area contributed by atoms with E-state index >= 15 is 0 Å². The maximum absolute atomic E-state index is 12.1. The van der Waals surface area contributed by atoms with Gasteiger partial charge in [-0.1, -0.05) is 25.5 Å². The van der Waals surface area contributed by atoms with Gasteiger partial charge in [0.1, 0.15) is 0 Å². The van der Waals surface area contributed by atoms with Crippen LogP contribution in [0.4, 0.5) is 11.4 Å². The van der Waals surface area contributed by atoms with Crippen molar-refractivity contribution in [3.8, 4) is 0 Å². The zero-order valence-electron chi connectivity index (χ0n) is 12.5. The first-order valence-electron chi connectivity index (χ1n) is 7.56. The van der Waals surface area contributed by atoms with Gasteiger partial charge < -0.3 is 16.0 Å². The van der Waals surface area contributed by atoms with Crippen LogP contribution in [-0.2, 0) is 9.59 Å². The fraction of sp³-hybridized carbons (Fsp3) is 0.500. The van der Waals surface area contributed by atoms with Crippen molar-refractivity contribution in [2.45, 2.75) is 45.1 Å². The lowest BCUT2D eigenvalue weighted by molar-refractivity contribution is -0.117. The average molecular weight is 289 g/mol. The van der Waals surface area contributed by atoms with Crippen LogP contribution < -0.4 is 16.0 Å². The number of nitrogens with zero attached hydrogens (tertiary/aromatic N) is 1. The largest absolute Gasteiger partial charge is 0.327 e. The number of nitrogens with two attached hydrogens (primary N) is 1. The first kappa shape index (κ1) is 15.5. The Hall–Kier alpha value is -1.88. The van der Waals surface area contributed by atoms with E-state index in [1.807, 2.05) is 31.2 Å². The molecule has 1 aromatic carbocycles. The zero-order chi connectivity index (χ0) is 15.2. The predicted octanol–water partition coefficient (Wildman–Crippen LogP) is 2.27. The Bertz CT molecular complexity index is 516. The number of carbonyl (C=O) groups excluding carboxylic acids is 2. The van der Waals surface area contributed by atoms with Crippen LogP contribution in [0.5, 0.6) is 0 Å². The van der Waals surface area contributed by atoms with E-state index in [0.29, 0.717) is 25.1 Å². The van der Waals surface area contributed by atoms with Gasteiger partial charge in [0.15, 0.2) is 0 Å². The lowest BCUT2D eigenvalue weighted by atomic mass is 10.1. The monoisotopic (exact) mass is 289 g/mol. The Labute approximate surface area is 125 Å². The number of para-hydroxylation sites is 2. The van der Waals surface area contributed by atoms with Crippen molar-refractivity contribution in [3.05, 3.63) is 24.3 Å². The van der Waals surface area contributed by atoms with Gasteiger partial charge in [0, 0.05) is 25.4 Å². The Morgan fingerprint density at radius 3 is 2.86 bits per heavy atom. The van der Waals surface area contributed by atoms with Gasteiger partial charge in [-0.25, -0.2) is 0 Å². The molecule has 1 heterocycles. The minimum atomic E-state index is -0.115. The summed E-state index contributed by atoms with van der Waals surface area (Å²) in [4.78, 5) is 25.7. The van der Waals surface area contributed by atoms with Crippen LogP contribution in [0.2, 0.25) is 0 Å². The van der Waals surface area contributed by atoms with Gasteiger partial charge in [0.05, 0.1) is 11.4 Å². The van der Waals surface area contributed by atoms with E-state index < -0.39 is 0 Å². The molecule has 5 nitrogen and oxygen atoms in total. The van der Waals surface area contributed by atoms with E-state index in [1.165, 1.54) is 0 Å². The molecule has 1 aliphatic heterocycles. The molecule has 114 valence electrons. The van der Waals surface area contributed by atoms with E-state index in [0.717, 1.165) is 24.9 Å². The molecule has 0 aromatic heterocycles. The van der Waals surface area contributed by atoms with E-state index in [4.69, 9.17) is 5.73 Å². The molecule has 1 aromatic rings. The number of nitrogens with one attached hydrogen (secondary N) is 1. The van der Waals surface area contributed by atoms with Gasteiger partial charge in [0.2, 0.25) is 11.8 Å². The van der Waals surface area contributed by atoms with Crippen LogP contribution in [0.1, 0.15) is 39.0 Å². The van der Waals surface area contributed by atoms with Gasteiger partial charge in [-0.15, -0.1) is 0 Å². The molecule has 1 atom stereocenters. The number of hydrogen-bond acceptors (Lipinski definition) is 3. The maximum Gasteiger partial charge on any atom is 0.227 e. The number of benzene rings is 1. The zero-order valence-corrected chi connectivity index (χ0v) is 12.5. The Morgan fingerprint density at radius 2 is 2.19 bits per heavy atom. The summed E-state index contributed by atoms with van der Waals surface area (Å²) < 4.78 is 0. The molecule has 2 amide bonds. The third-order valence-electron chi connectivity index (χ3n) is 3.65. The second-order valence-corrected chi connectivity index (χ2v) is 5.47. The summed E-state index contributed by atoms with van der Waals surface area (Å²) in [7, 11) is 0. The van der Waals surface area contributed by atoms with E-state index in [1.54, 1.807) is 4.90 Å². The van der Waals surface area contributed by atoms with Crippen molar-refractivity contribution in [2.75, 3.05) is 16.8 Å². The fourth-order valence-corrected chi connectivity index (χ4v) is 2.63. The van der Waals surface area contributed by atoms with E-state index in [9.17, 15) is 9.59 Å². The summed E-state index contributed by atoms with van der Waals surface area (Å²) in [6, 6.07) is 7.30. The molecule has 1 saturated heterocycles. The van der Waals surface area contributed by atoms with Gasteiger partial charge in [-0.3, -0.25) is 9.59 Å². The molecule has 1 fully saturated rings. The van der Waals surface area contributed by atoms with Crippen LogP contribution in [0, 0.1) is 0 Å². The molecule has 1 unspecified atom stereocenters. The van der Waals surface area contributed by atoms with Gasteiger partial charge in [0.25, 0.3) is 0 Å². The van der Waals surface area contributed by atoms with Crippen LogP contribution in [0.15, 0.2) is 24.3 Å². The van der Waals surface area contributed by atoms with Crippen LogP contribution in [-0.4, -0.2) is 24.4 Å². The molecular weight excluding hydrogens is 266 g/mol. The summed E-state index contributed by atoms with van der Waals surface area (Å²) in [6.45, 7) is 2.76. The Balaban J connectivity index is 2.06.